The van der Waals surface area contributed by atoms with Gasteiger partial charge in [-0.15, -0.1) is 0 Å². The Hall–Kier alpha value is -1.96. The largest absolute Gasteiger partial charge is 0.356 e. The number of methoxy groups -OCH3 is 2. The minimum atomic E-state index is -0.345. The molecule has 7 heteroatoms. The minimum absolute atomic E-state index is 0.112. The molecule has 2 heterocycles. The molecule has 1 N–H and O–H groups in total. The summed E-state index contributed by atoms with van der Waals surface area (Å²) in [6, 6.07) is 7.66. The van der Waals surface area contributed by atoms with Crippen molar-refractivity contribution in [2.45, 2.75) is 32.1 Å². The molecule has 0 saturated carbocycles. The van der Waals surface area contributed by atoms with Crippen molar-refractivity contribution in [3.8, 4) is 0 Å². The average Bonchev–Trinajstić information content (AvgIpc) is 2.65. The van der Waals surface area contributed by atoms with E-state index >= 15 is 0 Å². The van der Waals surface area contributed by atoms with E-state index in [1.165, 1.54) is 5.56 Å². The smallest absolute Gasteiger partial charge is 0.328 e. The zero-order valence-corrected chi connectivity index (χ0v) is 15.4. The van der Waals surface area contributed by atoms with Crippen molar-refractivity contribution in [2.24, 2.45) is 5.92 Å². The van der Waals surface area contributed by atoms with Crippen LogP contribution in [-0.4, -0.2) is 57.0 Å². The summed E-state index contributed by atoms with van der Waals surface area (Å²) in [5.74, 6) is 0.236. The Bertz CT molecular complexity index is 622. The van der Waals surface area contributed by atoms with Crippen molar-refractivity contribution in [1.29, 1.82) is 0 Å². The van der Waals surface area contributed by atoms with E-state index in [0.29, 0.717) is 18.9 Å². The van der Waals surface area contributed by atoms with Crippen LogP contribution in [0.25, 0.3) is 0 Å². The molecule has 0 unspecified atom stereocenters. The number of carbonyl (C=O) groups is 2. The lowest BCUT2D eigenvalue weighted by Gasteiger charge is -2.34. The second kappa shape index (κ2) is 8.62. The third-order valence-electron chi connectivity index (χ3n) is 5.19. The van der Waals surface area contributed by atoms with Crippen LogP contribution in [0.3, 0.4) is 0 Å². The Morgan fingerprint density at radius 1 is 1.08 bits per heavy atom. The highest BCUT2D eigenvalue weighted by Gasteiger charge is 2.27. The van der Waals surface area contributed by atoms with Crippen LogP contribution < -0.4 is 10.2 Å². The van der Waals surface area contributed by atoms with E-state index in [1.54, 1.807) is 19.1 Å². The topological polar surface area (TPSA) is 71.1 Å². The molecule has 2 saturated heterocycles. The number of nitrogens with one attached hydrogen (secondary N) is 1. The average molecular weight is 361 g/mol. The first-order valence-corrected chi connectivity index (χ1v) is 9.09. The van der Waals surface area contributed by atoms with Crippen molar-refractivity contribution >= 4 is 17.6 Å². The summed E-state index contributed by atoms with van der Waals surface area (Å²) in [6.07, 6.45) is 2.35. The number of benzene rings is 1. The minimum Gasteiger partial charge on any atom is -0.356 e. The first-order chi connectivity index (χ1) is 12.6. The van der Waals surface area contributed by atoms with Gasteiger partial charge in [-0.2, -0.15) is 0 Å². The molecular formula is C19H27N3O4. The quantitative estimate of drug-likeness (QED) is 0.785. The van der Waals surface area contributed by atoms with Gasteiger partial charge in [0.1, 0.15) is 0 Å². The summed E-state index contributed by atoms with van der Waals surface area (Å²) in [7, 11) is 3.39. The van der Waals surface area contributed by atoms with Crippen LogP contribution in [0.15, 0.2) is 24.3 Å². The molecule has 1 aromatic rings. The maximum Gasteiger partial charge on any atom is 0.328 e. The second-order valence-corrected chi connectivity index (χ2v) is 6.87. The second-order valence-electron chi connectivity index (χ2n) is 6.87. The van der Waals surface area contributed by atoms with Crippen molar-refractivity contribution < 1.29 is 19.1 Å². The molecule has 26 heavy (non-hydrogen) atoms. The van der Waals surface area contributed by atoms with Crippen LogP contribution in [0.5, 0.6) is 0 Å². The molecule has 3 rings (SSSR count). The number of carbonyl (C=O) groups excluding carboxylic acids is 2. The number of imide groups is 1. The van der Waals surface area contributed by atoms with Crippen molar-refractivity contribution in [1.82, 2.24) is 10.2 Å². The standard InChI is InChI=1S/C19H27N3O4/c1-25-18(26-2)15-7-10-21(11-8-15)13-14-3-5-16(6-4-14)22-12-9-17(23)20-19(22)24/h3-6,15,18H,7-13H2,1-2H3,(H,20,23,24). The maximum absolute atomic E-state index is 11.9. The fraction of sp³-hybridized carbons (Fsp3) is 0.579. The third kappa shape index (κ3) is 4.41. The zero-order chi connectivity index (χ0) is 18.5. The highest BCUT2D eigenvalue weighted by Crippen LogP contribution is 2.24. The molecule has 3 amide bonds. The van der Waals surface area contributed by atoms with Gasteiger partial charge in [0.25, 0.3) is 0 Å². The first-order valence-electron chi connectivity index (χ1n) is 9.09. The van der Waals surface area contributed by atoms with Gasteiger partial charge in [-0.25, -0.2) is 4.79 Å². The van der Waals surface area contributed by atoms with Crippen LogP contribution in [0.2, 0.25) is 0 Å². The normalized spacial score (nSPS) is 19.9. The third-order valence-corrected chi connectivity index (χ3v) is 5.19. The van der Waals surface area contributed by atoms with Crippen LogP contribution >= 0.6 is 0 Å². The molecule has 7 nitrogen and oxygen atoms in total. The van der Waals surface area contributed by atoms with Gasteiger partial charge in [-0.05, 0) is 43.6 Å². The molecule has 2 aliphatic rings. The van der Waals surface area contributed by atoms with E-state index in [-0.39, 0.29) is 18.2 Å². The van der Waals surface area contributed by atoms with Crippen molar-refractivity contribution in [3.63, 3.8) is 0 Å². The van der Waals surface area contributed by atoms with Gasteiger partial charge >= 0.3 is 6.03 Å². The number of anilines is 1. The summed E-state index contributed by atoms with van der Waals surface area (Å²) in [5.41, 5.74) is 2.04. The number of ether oxygens (including phenoxy) is 2. The number of hydrogen-bond donors (Lipinski definition) is 1. The number of likely N-dealkylation sites (tertiary alicyclic amines) is 1. The highest BCUT2D eigenvalue weighted by molar-refractivity contribution is 6.05. The number of nitrogens with zero attached hydrogens (tertiary/aromatic N) is 2. The van der Waals surface area contributed by atoms with E-state index in [2.05, 4.69) is 22.3 Å². The predicted octanol–water partition coefficient (Wildman–Crippen LogP) is 1.96. The lowest BCUT2D eigenvalue weighted by Crippen LogP contribution is -2.49. The van der Waals surface area contributed by atoms with Gasteiger partial charge < -0.3 is 9.47 Å². The molecule has 1 aromatic carbocycles. The summed E-state index contributed by atoms with van der Waals surface area (Å²) in [5, 5.41) is 2.35. The summed E-state index contributed by atoms with van der Waals surface area (Å²) >= 11 is 0. The van der Waals surface area contributed by atoms with E-state index in [1.807, 2.05) is 12.1 Å². The molecule has 0 aromatic heterocycles. The van der Waals surface area contributed by atoms with Gasteiger partial charge in [-0.1, -0.05) is 12.1 Å². The number of urea groups is 1. The van der Waals surface area contributed by atoms with Crippen molar-refractivity contribution in [2.75, 3.05) is 38.8 Å². The lowest BCUT2D eigenvalue weighted by molar-refractivity contribution is -0.147. The fourth-order valence-corrected chi connectivity index (χ4v) is 3.71. The monoisotopic (exact) mass is 361 g/mol. The molecule has 2 aliphatic heterocycles. The summed E-state index contributed by atoms with van der Waals surface area (Å²) in [6.45, 7) is 3.36. The van der Waals surface area contributed by atoms with Gasteiger partial charge in [0.05, 0.1) is 0 Å². The maximum atomic E-state index is 11.9. The van der Waals surface area contributed by atoms with Crippen LogP contribution in [-0.2, 0) is 20.8 Å². The van der Waals surface area contributed by atoms with E-state index in [9.17, 15) is 9.59 Å². The number of amides is 3. The van der Waals surface area contributed by atoms with Crippen molar-refractivity contribution in [3.05, 3.63) is 29.8 Å². The molecular weight excluding hydrogens is 334 g/mol. The molecule has 0 atom stereocenters. The SMILES string of the molecule is COC(OC)C1CCN(Cc2ccc(N3CCC(=O)NC3=O)cc2)CC1. The van der Waals surface area contributed by atoms with E-state index in [4.69, 9.17) is 9.47 Å². The predicted molar refractivity (Wildman–Crippen MR) is 97.8 cm³/mol. The van der Waals surface area contributed by atoms with Crippen LogP contribution in [0.1, 0.15) is 24.8 Å². The Morgan fingerprint density at radius 3 is 2.31 bits per heavy atom. The number of hydrogen-bond acceptors (Lipinski definition) is 5. The number of rotatable bonds is 6. The van der Waals surface area contributed by atoms with Gasteiger partial charge in [0.2, 0.25) is 5.91 Å². The van der Waals surface area contributed by atoms with Crippen LogP contribution in [0, 0.1) is 5.92 Å². The summed E-state index contributed by atoms with van der Waals surface area (Å²) < 4.78 is 10.8. The zero-order valence-electron chi connectivity index (χ0n) is 15.4. The van der Waals surface area contributed by atoms with Gasteiger partial charge in [0.15, 0.2) is 6.29 Å². The Kier molecular flexibility index (Phi) is 6.24. The van der Waals surface area contributed by atoms with Gasteiger partial charge in [-0.3, -0.25) is 19.9 Å². The lowest BCUT2D eigenvalue weighted by atomic mass is 9.95. The molecule has 0 spiro atoms. The fourth-order valence-electron chi connectivity index (χ4n) is 3.71. The first kappa shape index (κ1) is 18.8. The van der Waals surface area contributed by atoms with E-state index in [0.717, 1.165) is 38.2 Å². The van der Waals surface area contributed by atoms with Crippen LogP contribution in [0.4, 0.5) is 10.5 Å². The highest BCUT2D eigenvalue weighted by atomic mass is 16.7. The molecule has 0 radical (unpaired) electrons. The Morgan fingerprint density at radius 2 is 1.73 bits per heavy atom. The van der Waals surface area contributed by atoms with Gasteiger partial charge in [0, 0.05) is 45.3 Å². The Balaban J connectivity index is 1.52. The number of piperidine rings is 1. The molecule has 0 aliphatic carbocycles. The summed E-state index contributed by atoms with van der Waals surface area (Å²) in [4.78, 5) is 27.2. The molecule has 2 fully saturated rings. The van der Waals surface area contributed by atoms with E-state index < -0.39 is 0 Å². The molecule has 0 bridgehead atoms. The Labute approximate surface area is 154 Å². The molecule has 142 valence electrons.